The Morgan fingerprint density at radius 2 is 2.57 bits per heavy atom. The Bertz CT molecular complexity index is 130. The third kappa shape index (κ3) is 1.03. The van der Waals surface area contributed by atoms with Gasteiger partial charge < -0.3 is 0 Å². The van der Waals surface area contributed by atoms with E-state index in [1.54, 1.807) is 0 Å². The minimum absolute atomic E-state index is 0.0440. The molecule has 0 aromatic carbocycles. The predicted octanol–water partition coefficient (Wildman–Crippen LogP) is 1.31. The molecular weight excluding hydrogens is 110 g/mol. The molecule has 0 radical (unpaired) electrons. The zero-order valence-electron chi connectivity index (χ0n) is 3.97. The van der Waals surface area contributed by atoms with E-state index in [1.807, 2.05) is 6.92 Å². The number of rotatable bonds is 0. The molecule has 1 aliphatic heterocycles. The summed E-state index contributed by atoms with van der Waals surface area (Å²) in [4.78, 5) is 13.9. The summed E-state index contributed by atoms with van der Waals surface area (Å²) in [5.74, 6) is 0.791. The average Bonchev–Trinajstić information content (AvgIpc) is 1.87. The van der Waals surface area contributed by atoms with Gasteiger partial charge in [0.2, 0.25) is 0 Å². The molecular formula is C4H5NOS. The Morgan fingerprint density at radius 3 is 2.71 bits per heavy atom. The molecule has 0 aromatic rings. The number of nitrogens with zero attached hydrogens (tertiary/aromatic N) is 1. The van der Waals surface area contributed by atoms with Gasteiger partial charge in [0.1, 0.15) is 0 Å². The minimum atomic E-state index is -0.0440. The monoisotopic (exact) mass is 115 g/mol. The van der Waals surface area contributed by atoms with Crippen molar-refractivity contribution >= 4 is 22.7 Å². The lowest BCUT2D eigenvalue weighted by Crippen LogP contribution is -1.84. The summed E-state index contributed by atoms with van der Waals surface area (Å²) in [5, 5.41) is -0.0440. The molecule has 1 aliphatic rings. The molecule has 1 rings (SSSR count). The summed E-state index contributed by atoms with van der Waals surface area (Å²) in [7, 11) is 0. The highest BCUT2D eigenvalue weighted by Gasteiger charge is 2.08. The summed E-state index contributed by atoms with van der Waals surface area (Å²) < 4.78 is 0. The third-order valence-electron chi connectivity index (χ3n) is 0.687. The second kappa shape index (κ2) is 1.66. The van der Waals surface area contributed by atoms with Gasteiger partial charge in [-0.15, -0.1) is 0 Å². The second-order valence-electron chi connectivity index (χ2n) is 1.40. The summed E-state index contributed by atoms with van der Waals surface area (Å²) in [6.07, 6.45) is 0. The molecule has 0 atom stereocenters. The van der Waals surface area contributed by atoms with Crippen LogP contribution in [-0.4, -0.2) is 16.7 Å². The van der Waals surface area contributed by atoms with Gasteiger partial charge in [0.15, 0.2) is 0 Å². The Labute approximate surface area is 46.0 Å². The fraction of sp³-hybridized carbons (Fsp3) is 0.500. The Kier molecular flexibility index (Phi) is 1.15. The van der Waals surface area contributed by atoms with Crippen LogP contribution in [0.5, 0.6) is 0 Å². The molecule has 0 unspecified atom stereocenters. The standard InChI is InChI=1S/C4H5NOS/c1-3-2-7-4(6)5-3/h2H2,1H3. The van der Waals surface area contributed by atoms with Crippen molar-refractivity contribution in [2.75, 3.05) is 5.75 Å². The van der Waals surface area contributed by atoms with Crippen molar-refractivity contribution in [1.29, 1.82) is 0 Å². The van der Waals surface area contributed by atoms with E-state index in [4.69, 9.17) is 0 Å². The van der Waals surface area contributed by atoms with Gasteiger partial charge in [0.25, 0.3) is 0 Å². The molecule has 0 bridgehead atoms. The fourth-order valence-electron chi connectivity index (χ4n) is 0.387. The quantitative estimate of drug-likeness (QED) is 0.476. The van der Waals surface area contributed by atoms with Crippen molar-refractivity contribution < 1.29 is 4.79 Å². The van der Waals surface area contributed by atoms with Crippen LogP contribution < -0.4 is 0 Å². The number of hydrogen-bond donors (Lipinski definition) is 0. The Balaban J connectivity index is 2.67. The molecule has 1 heterocycles. The molecule has 1 amide bonds. The number of aliphatic imine (C=N–C) groups is 1. The van der Waals surface area contributed by atoms with Crippen LogP contribution in [-0.2, 0) is 0 Å². The first-order valence-corrected chi connectivity index (χ1v) is 2.98. The van der Waals surface area contributed by atoms with Crippen LogP contribution >= 0.6 is 11.8 Å². The maximum absolute atomic E-state index is 10.2. The molecule has 0 aromatic heterocycles. The predicted molar refractivity (Wildman–Crippen MR) is 31.0 cm³/mol. The van der Waals surface area contributed by atoms with Gasteiger partial charge in [-0.25, -0.2) is 4.99 Å². The van der Waals surface area contributed by atoms with E-state index in [0.29, 0.717) is 0 Å². The van der Waals surface area contributed by atoms with Crippen molar-refractivity contribution in [3.63, 3.8) is 0 Å². The summed E-state index contributed by atoms with van der Waals surface area (Å²) >= 11 is 1.26. The topological polar surface area (TPSA) is 29.4 Å². The van der Waals surface area contributed by atoms with E-state index in [0.717, 1.165) is 11.5 Å². The van der Waals surface area contributed by atoms with Gasteiger partial charge in [-0.1, -0.05) is 11.8 Å². The lowest BCUT2D eigenvalue weighted by molar-refractivity contribution is 0.268. The SMILES string of the molecule is CC1=NC(=O)SC1. The molecule has 0 spiro atoms. The molecule has 0 saturated heterocycles. The lowest BCUT2D eigenvalue weighted by Gasteiger charge is -1.74. The Hall–Kier alpha value is -0.310. The van der Waals surface area contributed by atoms with E-state index < -0.39 is 0 Å². The molecule has 0 N–H and O–H groups in total. The van der Waals surface area contributed by atoms with Crippen molar-refractivity contribution in [2.24, 2.45) is 4.99 Å². The zero-order chi connectivity index (χ0) is 5.28. The number of thioether (sulfide) groups is 1. The highest BCUT2D eigenvalue weighted by atomic mass is 32.2. The van der Waals surface area contributed by atoms with Gasteiger partial charge in [0, 0.05) is 11.5 Å². The number of carbonyl (C=O) groups excluding carboxylic acids is 1. The summed E-state index contributed by atoms with van der Waals surface area (Å²) in [6.45, 7) is 1.86. The highest BCUT2D eigenvalue weighted by molar-refractivity contribution is 8.14. The lowest BCUT2D eigenvalue weighted by atomic mass is 10.5. The fourth-order valence-corrected chi connectivity index (χ4v) is 1.00. The number of carbonyl (C=O) groups is 1. The van der Waals surface area contributed by atoms with Crippen LogP contribution in [0.4, 0.5) is 4.79 Å². The molecule has 2 nitrogen and oxygen atoms in total. The van der Waals surface area contributed by atoms with Gasteiger partial charge in [-0.2, -0.15) is 0 Å². The first-order valence-electron chi connectivity index (χ1n) is 2.00. The van der Waals surface area contributed by atoms with Gasteiger partial charge in [-0.3, -0.25) is 4.79 Å². The molecule has 0 saturated carbocycles. The van der Waals surface area contributed by atoms with Crippen molar-refractivity contribution in [3.8, 4) is 0 Å². The maximum atomic E-state index is 10.2. The van der Waals surface area contributed by atoms with Crippen LogP contribution in [0.3, 0.4) is 0 Å². The number of hydrogen-bond acceptors (Lipinski definition) is 2. The van der Waals surface area contributed by atoms with Gasteiger partial charge in [-0.05, 0) is 6.92 Å². The van der Waals surface area contributed by atoms with E-state index in [1.165, 1.54) is 11.8 Å². The minimum Gasteiger partial charge on any atom is -0.259 e. The van der Waals surface area contributed by atoms with Crippen LogP contribution in [0.2, 0.25) is 0 Å². The summed E-state index contributed by atoms with van der Waals surface area (Å²) in [5.41, 5.74) is 0.940. The third-order valence-corrected chi connectivity index (χ3v) is 1.59. The highest BCUT2D eigenvalue weighted by Crippen LogP contribution is 2.12. The molecule has 0 aliphatic carbocycles. The average molecular weight is 115 g/mol. The van der Waals surface area contributed by atoms with Crippen LogP contribution in [0.25, 0.3) is 0 Å². The summed E-state index contributed by atoms with van der Waals surface area (Å²) in [6, 6.07) is 0. The van der Waals surface area contributed by atoms with E-state index in [9.17, 15) is 4.79 Å². The smallest absolute Gasteiger partial charge is 0.259 e. The molecule has 0 fully saturated rings. The van der Waals surface area contributed by atoms with E-state index in [-0.39, 0.29) is 5.24 Å². The Morgan fingerprint density at radius 1 is 1.86 bits per heavy atom. The van der Waals surface area contributed by atoms with Crippen LogP contribution in [0.15, 0.2) is 4.99 Å². The van der Waals surface area contributed by atoms with Crippen molar-refractivity contribution in [3.05, 3.63) is 0 Å². The first-order chi connectivity index (χ1) is 3.29. The largest absolute Gasteiger partial charge is 0.305 e. The molecule has 3 heteroatoms. The second-order valence-corrected chi connectivity index (χ2v) is 2.33. The molecule has 38 valence electrons. The van der Waals surface area contributed by atoms with Crippen molar-refractivity contribution in [2.45, 2.75) is 6.92 Å². The van der Waals surface area contributed by atoms with Gasteiger partial charge >= 0.3 is 5.24 Å². The van der Waals surface area contributed by atoms with Crippen LogP contribution in [0.1, 0.15) is 6.92 Å². The molecule has 7 heavy (non-hydrogen) atoms. The van der Waals surface area contributed by atoms with Gasteiger partial charge in [0.05, 0.1) is 0 Å². The van der Waals surface area contributed by atoms with Crippen LogP contribution in [0, 0.1) is 0 Å². The van der Waals surface area contributed by atoms with Crippen molar-refractivity contribution in [1.82, 2.24) is 0 Å². The van der Waals surface area contributed by atoms with E-state index in [2.05, 4.69) is 4.99 Å². The number of amides is 1. The normalized spacial score (nSPS) is 20.1. The van der Waals surface area contributed by atoms with E-state index >= 15 is 0 Å². The zero-order valence-corrected chi connectivity index (χ0v) is 4.79. The first kappa shape index (κ1) is 4.84. The maximum Gasteiger partial charge on any atom is 0.305 e.